The lowest BCUT2D eigenvalue weighted by molar-refractivity contribution is 0.196. The lowest BCUT2D eigenvalue weighted by atomic mass is 10.2. The summed E-state index contributed by atoms with van der Waals surface area (Å²) in [5.74, 6) is 0. The Morgan fingerprint density at radius 1 is 1.47 bits per heavy atom. The molecule has 0 spiro atoms. The molecule has 0 fully saturated rings. The summed E-state index contributed by atoms with van der Waals surface area (Å²) in [6.07, 6.45) is 3.00. The highest BCUT2D eigenvalue weighted by molar-refractivity contribution is 7.11. The molecule has 0 amide bonds. The maximum atomic E-state index is 9.30. The zero-order chi connectivity index (χ0) is 12.3. The highest BCUT2D eigenvalue weighted by Crippen LogP contribution is 2.19. The smallest absolute Gasteiger partial charge is 0.0971 e. The third kappa shape index (κ3) is 3.80. The molecular weight excluding hydrogens is 254 g/mol. The Kier molecular flexibility index (Phi) is 4.15. The zero-order valence-electron chi connectivity index (χ0n) is 9.56. The maximum Gasteiger partial charge on any atom is 0.0971 e. The van der Waals surface area contributed by atoms with Crippen LogP contribution in [0.15, 0.2) is 30.5 Å². The van der Waals surface area contributed by atoms with E-state index in [2.05, 4.69) is 4.98 Å². The van der Waals surface area contributed by atoms with Crippen molar-refractivity contribution in [3.8, 4) is 0 Å². The summed E-state index contributed by atoms with van der Waals surface area (Å²) in [5, 5.41) is 11.1. The Hall–Kier alpha value is -0.900. The number of thiazole rings is 1. The Morgan fingerprint density at radius 3 is 3.00 bits per heavy atom. The topological polar surface area (TPSA) is 33.1 Å². The van der Waals surface area contributed by atoms with Crippen LogP contribution in [-0.4, -0.2) is 16.2 Å². The van der Waals surface area contributed by atoms with E-state index < -0.39 is 0 Å². The molecular formula is C13H14ClNOS. The van der Waals surface area contributed by atoms with E-state index in [0.29, 0.717) is 6.42 Å². The van der Waals surface area contributed by atoms with E-state index in [9.17, 15) is 5.11 Å². The fraction of sp³-hybridized carbons (Fsp3) is 0.308. The molecule has 0 saturated heterocycles. The van der Waals surface area contributed by atoms with Crippen molar-refractivity contribution in [2.75, 3.05) is 0 Å². The van der Waals surface area contributed by atoms with Gasteiger partial charge in [0.2, 0.25) is 0 Å². The van der Waals surface area contributed by atoms with Crippen LogP contribution in [-0.2, 0) is 12.8 Å². The maximum absolute atomic E-state index is 9.30. The molecule has 0 radical (unpaired) electrons. The van der Waals surface area contributed by atoms with Gasteiger partial charge in [0.25, 0.3) is 0 Å². The van der Waals surface area contributed by atoms with Crippen LogP contribution in [0.1, 0.15) is 22.4 Å². The fourth-order valence-corrected chi connectivity index (χ4v) is 2.93. The third-order valence-corrected chi connectivity index (χ3v) is 3.60. The molecule has 0 aliphatic heterocycles. The Bertz CT molecular complexity index is 496. The molecule has 0 bridgehead atoms. The van der Waals surface area contributed by atoms with Gasteiger partial charge in [-0.1, -0.05) is 23.7 Å². The van der Waals surface area contributed by atoms with Gasteiger partial charge in [-0.3, -0.25) is 0 Å². The second-order valence-corrected chi connectivity index (χ2v) is 5.72. The lowest BCUT2D eigenvalue weighted by Gasteiger charge is -1.99. The molecule has 4 heteroatoms. The van der Waals surface area contributed by atoms with Gasteiger partial charge in [-0.15, -0.1) is 11.3 Å². The molecule has 17 heavy (non-hydrogen) atoms. The van der Waals surface area contributed by atoms with Gasteiger partial charge in [0.05, 0.1) is 11.1 Å². The van der Waals surface area contributed by atoms with Gasteiger partial charge in [-0.2, -0.15) is 0 Å². The predicted molar refractivity (Wildman–Crippen MR) is 71.8 cm³/mol. The largest absolute Gasteiger partial charge is 0.393 e. The second kappa shape index (κ2) is 5.63. The van der Waals surface area contributed by atoms with Crippen LogP contribution in [0.2, 0.25) is 5.02 Å². The molecule has 0 saturated carbocycles. The standard InChI is InChI=1S/C13H14ClNOS/c1-9(16)5-12-8-15-13(17-12)7-10-3-2-4-11(14)6-10/h2-4,6,8-9,16H,5,7H2,1H3. The molecule has 0 aliphatic carbocycles. The van der Waals surface area contributed by atoms with E-state index in [4.69, 9.17) is 11.6 Å². The number of aliphatic hydroxyl groups excluding tert-OH is 1. The Morgan fingerprint density at radius 2 is 2.29 bits per heavy atom. The van der Waals surface area contributed by atoms with E-state index in [1.807, 2.05) is 30.5 Å². The Labute approximate surface area is 110 Å². The third-order valence-electron chi connectivity index (χ3n) is 2.34. The fourth-order valence-electron chi connectivity index (χ4n) is 1.64. The van der Waals surface area contributed by atoms with Crippen LogP contribution in [0.4, 0.5) is 0 Å². The first-order valence-corrected chi connectivity index (χ1v) is 6.69. The van der Waals surface area contributed by atoms with Gasteiger partial charge in [0.1, 0.15) is 0 Å². The van der Waals surface area contributed by atoms with Crippen molar-refractivity contribution in [2.24, 2.45) is 0 Å². The summed E-state index contributed by atoms with van der Waals surface area (Å²) in [6, 6.07) is 7.81. The molecule has 1 N–H and O–H groups in total. The van der Waals surface area contributed by atoms with E-state index >= 15 is 0 Å². The minimum absolute atomic E-state index is 0.311. The highest BCUT2D eigenvalue weighted by atomic mass is 35.5. The van der Waals surface area contributed by atoms with Crippen molar-refractivity contribution in [3.05, 3.63) is 50.9 Å². The van der Waals surface area contributed by atoms with E-state index in [1.54, 1.807) is 18.3 Å². The van der Waals surface area contributed by atoms with Crippen molar-refractivity contribution in [1.29, 1.82) is 0 Å². The number of rotatable bonds is 4. The average molecular weight is 268 g/mol. The lowest BCUT2D eigenvalue weighted by Crippen LogP contribution is -2.01. The molecule has 0 aliphatic rings. The first kappa shape index (κ1) is 12.6. The number of benzene rings is 1. The first-order valence-electron chi connectivity index (χ1n) is 5.49. The van der Waals surface area contributed by atoms with E-state index in [-0.39, 0.29) is 6.10 Å². The SMILES string of the molecule is CC(O)Cc1cnc(Cc2cccc(Cl)c2)s1. The van der Waals surface area contributed by atoms with Gasteiger partial charge in [0, 0.05) is 28.9 Å². The quantitative estimate of drug-likeness (QED) is 0.922. The molecule has 2 aromatic rings. The molecule has 1 aromatic carbocycles. The summed E-state index contributed by atoms with van der Waals surface area (Å²) in [5.41, 5.74) is 1.16. The van der Waals surface area contributed by atoms with Crippen molar-refractivity contribution in [2.45, 2.75) is 25.9 Å². The first-order chi connectivity index (χ1) is 8.13. The number of halogens is 1. The minimum atomic E-state index is -0.311. The van der Waals surface area contributed by atoms with E-state index in [0.717, 1.165) is 26.9 Å². The zero-order valence-corrected chi connectivity index (χ0v) is 11.1. The van der Waals surface area contributed by atoms with Gasteiger partial charge in [-0.25, -0.2) is 4.98 Å². The second-order valence-electron chi connectivity index (χ2n) is 4.08. The van der Waals surface area contributed by atoms with Gasteiger partial charge >= 0.3 is 0 Å². The van der Waals surface area contributed by atoms with Crippen LogP contribution < -0.4 is 0 Å². The summed E-state index contributed by atoms with van der Waals surface area (Å²) >= 11 is 7.58. The van der Waals surface area contributed by atoms with Crippen molar-refractivity contribution in [3.63, 3.8) is 0 Å². The van der Waals surface area contributed by atoms with Crippen molar-refractivity contribution in [1.82, 2.24) is 4.98 Å². The molecule has 1 aromatic heterocycles. The number of hydrogen-bond acceptors (Lipinski definition) is 3. The van der Waals surface area contributed by atoms with Crippen LogP contribution in [0.3, 0.4) is 0 Å². The molecule has 90 valence electrons. The number of aliphatic hydroxyl groups is 1. The average Bonchev–Trinajstić information content (AvgIpc) is 2.64. The monoisotopic (exact) mass is 267 g/mol. The van der Waals surface area contributed by atoms with Crippen LogP contribution in [0.5, 0.6) is 0 Å². The molecule has 1 heterocycles. The van der Waals surface area contributed by atoms with Crippen LogP contribution in [0.25, 0.3) is 0 Å². The van der Waals surface area contributed by atoms with Crippen molar-refractivity contribution < 1.29 is 5.11 Å². The van der Waals surface area contributed by atoms with Crippen LogP contribution >= 0.6 is 22.9 Å². The molecule has 2 rings (SSSR count). The predicted octanol–water partition coefficient (Wildman–Crippen LogP) is 3.31. The normalized spacial score (nSPS) is 12.6. The minimum Gasteiger partial charge on any atom is -0.393 e. The van der Waals surface area contributed by atoms with Crippen molar-refractivity contribution >= 4 is 22.9 Å². The number of aromatic nitrogens is 1. The Balaban J connectivity index is 2.06. The number of hydrogen-bond donors (Lipinski definition) is 1. The summed E-state index contributed by atoms with van der Waals surface area (Å²) in [6.45, 7) is 1.79. The van der Waals surface area contributed by atoms with Gasteiger partial charge in [0.15, 0.2) is 0 Å². The van der Waals surface area contributed by atoms with Gasteiger partial charge in [-0.05, 0) is 24.6 Å². The number of nitrogens with zero attached hydrogens (tertiary/aromatic N) is 1. The summed E-state index contributed by atoms with van der Waals surface area (Å²) in [4.78, 5) is 5.48. The highest BCUT2D eigenvalue weighted by Gasteiger charge is 2.06. The van der Waals surface area contributed by atoms with Crippen LogP contribution in [0, 0.1) is 0 Å². The van der Waals surface area contributed by atoms with Gasteiger partial charge < -0.3 is 5.11 Å². The molecule has 1 atom stereocenters. The molecule has 2 nitrogen and oxygen atoms in total. The molecule has 1 unspecified atom stereocenters. The van der Waals surface area contributed by atoms with E-state index in [1.165, 1.54) is 0 Å². The summed E-state index contributed by atoms with van der Waals surface area (Å²) < 4.78 is 0. The summed E-state index contributed by atoms with van der Waals surface area (Å²) in [7, 11) is 0.